The first-order valence-electron chi connectivity index (χ1n) is 8.86. The number of rotatable bonds is 8. The zero-order chi connectivity index (χ0) is 19.9. The Bertz CT molecular complexity index is 897. The third-order valence-corrected chi connectivity index (χ3v) is 4.89. The molecule has 0 unspecified atom stereocenters. The Kier molecular flexibility index (Phi) is 6.65. The highest BCUT2D eigenvalue weighted by atomic mass is 32.2. The molecule has 1 aromatic carbocycles. The molecule has 0 saturated carbocycles. The van der Waals surface area contributed by atoms with E-state index in [0.717, 1.165) is 16.9 Å². The molecule has 3 aromatic rings. The van der Waals surface area contributed by atoms with E-state index in [0.29, 0.717) is 17.7 Å². The summed E-state index contributed by atoms with van der Waals surface area (Å²) in [6.07, 6.45) is 3.49. The number of carbonyl (C=O) groups excluding carboxylic acids is 1. The quantitative estimate of drug-likeness (QED) is 0.536. The van der Waals surface area contributed by atoms with Crippen molar-refractivity contribution in [3.05, 3.63) is 54.4 Å². The Morgan fingerprint density at radius 2 is 2.00 bits per heavy atom. The molecule has 0 aliphatic carbocycles. The summed E-state index contributed by atoms with van der Waals surface area (Å²) in [5.41, 5.74) is 1.79. The van der Waals surface area contributed by atoms with Gasteiger partial charge < -0.3 is 14.1 Å². The predicted octanol–water partition coefficient (Wildman–Crippen LogP) is 3.67. The van der Waals surface area contributed by atoms with E-state index in [1.54, 1.807) is 19.5 Å². The van der Waals surface area contributed by atoms with E-state index in [9.17, 15) is 4.79 Å². The molecule has 0 fully saturated rings. The van der Waals surface area contributed by atoms with Crippen molar-refractivity contribution in [3.8, 4) is 17.2 Å². The predicted molar refractivity (Wildman–Crippen MR) is 107 cm³/mol. The van der Waals surface area contributed by atoms with Gasteiger partial charge >= 0.3 is 0 Å². The number of thioether (sulfide) groups is 1. The van der Waals surface area contributed by atoms with Crippen LogP contribution in [0.2, 0.25) is 0 Å². The highest BCUT2D eigenvalue weighted by Crippen LogP contribution is 2.25. The summed E-state index contributed by atoms with van der Waals surface area (Å²) in [6.45, 7) is 4.51. The average Bonchev–Trinajstić information content (AvgIpc) is 3.20. The molecular formula is C20H22N4O3S. The zero-order valence-electron chi connectivity index (χ0n) is 16.0. The van der Waals surface area contributed by atoms with Crippen molar-refractivity contribution in [1.82, 2.24) is 20.1 Å². The van der Waals surface area contributed by atoms with E-state index in [2.05, 4.69) is 15.2 Å². The normalized spacial score (nSPS) is 10.9. The number of carbonyl (C=O) groups is 1. The number of hydrogen-bond acceptors (Lipinski definition) is 7. The van der Waals surface area contributed by atoms with Gasteiger partial charge in [-0.25, -0.2) is 0 Å². The lowest BCUT2D eigenvalue weighted by atomic mass is 10.2. The van der Waals surface area contributed by atoms with Crippen molar-refractivity contribution in [3.63, 3.8) is 0 Å². The molecule has 0 aliphatic heterocycles. The van der Waals surface area contributed by atoms with Crippen molar-refractivity contribution in [1.29, 1.82) is 0 Å². The molecule has 2 aromatic heterocycles. The van der Waals surface area contributed by atoms with E-state index in [1.165, 1.54) is 11.8 Å². The van der Waals surface area contributed by atoms with Gasteiger partial charge in [0, 0.05) is 30.5 Å². The highest BCUT2D eigenvalue weighted by Gasteiger charge is 2.19. The number of methoxy groups -OCH3 is 1. The lowest BCUT2D eigenvalue weighted by molar-refractivity contribution is -0.130. The number of ether oxygens (including phenoxy) is 1. The van der Waals surface area contributed by atoms with Gasteiger partial charge in [0.05, 0.1) is 12.9 Å². The Balaban J connectivity index is 1.60. The van der Waals surface area contributed by atoms with Crippen LogP contribution in [0.3, 0.4) is 0 Å². The van der Waals surface area contributed by atoms with Crippen molar-refractivity contribution in [2.45, 2.75) is 31.7 Å². The van der Waals surface area contributed by atoms with Crippen molar-refractivity contribution >= 4 is 17.7 Å². The SMILES string of the molecule is COc1ccc(-c2nnc(SCC(=O)N(Cc3cccnc3)C(C)C)o2)cc1. The zero-order valence-corrected chi connectivity index (χ0v) is 16.8. The summed E-state index contributed by atoms with van der Waals surface area (Å²) >= 11 is 1.24. The molecule has 28 heavy (non-hydrogen) atoms. The van der Waals surface area contributed by atoms with Crippen LogP contribution in [-0.2, 0) is 11.3 Å². The number of amides is 1. The number of pyridine rings is 1. The maximum absolute atomic E-state index is 12.7. The van der Waals surface area contributed by atoms with Crippen molar-refractivity contribution in [2.24, 2.45) is 0 Å². The molecule has 0 radical (unpaired) electrons. The third kappa shape index (κ3) is 5.10. The molecular weight excluding hydrogens is 376 g/mol. The van der Waals surface area contributed by atoms with Crippen LogP contribution in [0.25, 0.3) is 11.5 Å². The molecule has 0 aliphatic rings. The average molecular weight is 398 g/mol. The molecule has 0 saturated heterocycles. The molecule has 146 valence electrons. The molecule has 8 heteroatoms. The van der Waals surface area contributed by atoms with Crippen LogP contribution in [0.15, 0.2) is 58.4 Å². The smallest absolute Gasteiger partial charge is 0.277 e. The van der Waals surface area contributed by atoms with Crippen LogP contribution in [0, 0.1) is 0 Å². The summed E-state index contributed by atoms with van der Waals surface area (Å²) in [4.78, 5) is 18.6. The van der Waals surface area contributed by atoms with E-state index >= 15 is 0 Å². The summed E-state index contributed by atoms with van der Waals surface area (Å²) < 4.78 is 10.8. The number of benzene rings is 1. The first-order valence-corrected chi connectivity index (χ1v) is 9.84. The molecule has 2 heterocycles. The molecule has 1 amide bonds. The fraction of sp³-hybridized carbons (Fsp3) is 0.300. The van der Waals surface area contributed by atoms with Gasteiger partial charge in [0.25, 0.3) is 5.22 Å². The minimum atomic E-state index is 0.00745. The van der Waals surface area contributed by atoms with E-state index in [4.69, 9.17) is 9.15 Å². The summed E-state index contributed by atoms with van der Waals surface area (Å²) in [6, 6.07) is 11.3. The second-order valence-electron chi connectivity index (χ2n) is 6.37. The lowest BCUT2D eigenvalue weighted by Crippen LogP contribution is -2.37. The first kappa shape index (κ1) is 19.9. The Hall–Kier alpha value is -2.87. The van der Waals surface area contributed by atoms with Gasteiger partial charge in [0.1, 0.15) is 5.75 Å². The topological polar surface area (TPSA) is 81.4 Å². The molecule has 0 spiro atoms. The fourth-order valence-electron chi connectivity index (χ4n) is 2.57. The maximum atomic E-state index is 12.7. The molecule has 0 N–H and O–H groups in total. The van der Waals surface area contributed by atoms with Crippen LogP contribution in [0.1, 0.15) is 19.4 Å². The van der Waals surface area contributed by atoms with Gasteiger partial charge in [-0.15, -0.1) is 10.2 Å². The number of hydrogen-bond donors (Lipinski definition) is 0. The largest absolute Gasteiger partial charge is 0.497 e. The van der Waals surface area contributed by atoms with Gasteiger partial charge in [0.2, 0.25) is 11.8 Å². The molecule has 0 atom stereocenters. The second-order valence-corrected chi connectivity index (χ2v) is 7.29. The molecule has 3 rings (SSSR count). The summed E-state index contributed by atoms with van der Waals surface area (Å²) in [5, 5.41) is 8.45. The molecule has 7 nitrogen and oxygen atoms in total. The highest BCUT2D eigenvalue weighted by molar-refractivity contribution is 7.99. The van der Waals surface area contributed by atoms with E-state index < -0.39 is 0 Å². The maximum Gasteiger partial charge on any atom is 0.277 e. The monoisotopic (exact) mass is 398 g/mol. The van der Waals surface area contributed by atoms with Gasteiger partial charge in [0.15, 0.2) is 0 Å². The van der Waals surface area contributed by atoms with Crippen LogP contribution >= 0.6 is 11.8 Å². The standard InChI is InChI=1S/C20H22N4O3S/c1-14(2)24(12-15-5-4-10-21-11-15)18(25)13-28-20-23-22-19(27-20)16-6-8-17(26-3)9-7-16/h4-11,14H,12-13H2,1-3H3. The Morgan fingerprint density at radius 3 is 2.64 bits per heavy atom. The first-order chi connectivity index (χ1) is 13.6. The van der Waals surface area contributed by atoms with Gasteiger partial charge in [-0.3, -0.25) is 9.78 Å². The number of aromatic nitrogens is 3. The summed E-state index contributed by atoms with van der Waals surface area (Å²) in [7, 11) is 1.61. The van der Waals surface area contributed by atoms with Crippen LogP contribution in [0.5, 0.6) is 5.75 Å². The Labute approximate surface area is 168 Å². The van der Waals surface area contributed by atoms with Gasteiger partial charge in [-0.2, -0.15) is 0 Å². The van der Waals surface area contributed by atoms with E-state index in [1.807, 2.05) is 55.1 Å². The van der Waals surface area contributed by atoms with E-state index in [-0.39, 0.29) is 17.7 Å². The van der Waals surface area contributed by atoms with Crippen molar-refractivity contribution < 1.29 is 13.9 Å². The minimum Gasteiger partial charge on any atom is -0.497 e. The van der Waals surface area contributed by atoms with Crippen LogP contribution < -0.4 is 4.74 Å². The summed E-state index contributed by atoms with van der Waals surface area (Å²) in [5.74, 6) is 1.40. The number of nitrogens with zero attached hydrogens (tertiary/aromatic N) is 4. The van der Waals surface area contributed by atoms with Gasteiger partial charge in [-0.05, 0) is 49.7 Å². The van der Waals surface area contributed by atoms with Crippen LogP contribution in [-0.4, -0.2) is 44.9 Å². The Morgan fingerprint density at radius 1 is 1.21 bits per heavy atom. The fourth-order valence-corrected chi connectivity index (χ4v) is 3.22. The lowest BCUT2D eigenvalue weighted by Gasteiger charge is -2.26. The third-order valence-electron chi connectivity index (χ3n) is 4.08. The molecule has 0 bridgehead atoms. The second kappa shape index (κ2) is 9.36. The van der Waals surface area contributed by atoms with Crippen molar-refractivity contribution in [2.75, 3.05) is 12.9 Å². The minimum absolute atomic E-state index is 0.00745. The van der Waals surface area contributed by atoms with Crippen LogP contribution in [0.4, 0.5) is 0 Å². The van der Waals surface area contributed by atoms with Gasteiger partial charge in [-0.1, -0.05) is 17.8 Å².